The number of nitrogens with one attached hydrogen (secondary N) is 2. The van der Waals surface area contributed by atoms with Crippen LogP contribution in [-0.4, -0.2) is 61.0 Å². The summed E-state index contributed by atoms with van der Waals surface area (Å²) in [4.78, 5) is 37.5. The van der Waals surface area contributed by atoms with Crippen molar-refractivity contribution in [2.75, 3.05) is 18.5 Å². The van der Waals surface area contributed by atoms with Crippen LogP contribution in [0.1, 0.15) is 20.1 Å². The molecule has 1 aliphatic rings. The second-order valence-electron chi connectivity index (χ2n) is 6.70. The number of aromatic nitrogens is 4. The molecule has 0 aromatic carbocycles. The van der Waals surface area contributed by atoms with Crippen LogP contribution in [0.3, 0.4) is 0 Å². The Morgan fingerprint density at radius 1 is 1.57 bits per heavy atom. The van der Waals surface area contributed by atoms with Gasteiger partial charge in [-0.15, -0.1) is 0 Å². The number of aliphatic hydroxyl groups excluding tert-OH is 2. The molecule has 0 unspecified atom stereocenters. The van der Waals surface area contributed by atoms with Gasteiger partial charge in [0.25, 0.3) is 5.56 Å². The molecule has 1 fully saturated rings. The van der Waals surface area contributed by atoms with Crippen molar-refractivity contribution in [3.05, 3.63) is 27.1 Å². The lowest BCUT2D eigenvalue weighted by Crippen LogP contribution is -2.30. The van der Waals surface area contributed by atoms with E-state index in [1.165, 1.54) is 10.9 Å². The van der Waals surface area contributed by atoms with Crippen molar-refractivity contribution in [3.8, 4) is 0 Å². The highest BCUT2D eigenvalue weighted by Gasteiger charge is 2.44. The molecular weight excluding hydrogens is 372 g/mol. The average Bonchev–Trinajstić information content (AvgIpc) is 3.20. The third-order valence-corrected chi connectivity index (χ3v) is 4.53. The number of rotatable bonds is 6. The van der Waals surface area contributed by atoms with Gasteiger partial charge in [-0.3, -0.25) is 24.5 Å². The Morgan fingerprint density at radius 3 is 2.96 bits per heavy atom. The first-order valence-electron chi connectivity index (χ1n) is 8.60. The highest BCUT2D eigenvalue weighted by molar-refractivity contribution is 5.91. The monoisotopic (exact) mass is 392 g/mol. The zero-order valence-electron chi connectivity index (χ0n) is 15.2. The molecule has 0 bridgehead atoms. The SMILES string of the molecule is CC(C)C(=O)Nc1nc2c(ncn2[C@@H]2O[C@H](CN=[N+]=[N-])[C@@H](CO)[C@H]2O)c(=O)[nH]1. The third-order valence-electron chi connectivity index (χ3n) is 4.53. The number of aromatic amines is 1. The summed E-state index contributed by atoms with van der Waals surface area (Å²) in [5, 5.41) is 26.0. The van der Waals surface area contributed by atoms with Gasteiger partial charge >= 0.3 is 0 Å². The Kier molecular flexibility index (Phi) is 5.61. The predicted molar refractivity (Wildman–Crippen MR) is 96.1 cm³/mol. The number of imidazole rings is 1. The number of azide groups is 1. The van der Waals surface area contributed by atoms with Crippen molar-refractivity contribution in [2.45, 2.75) is 32.3 Å². The number of hydrogen-bond acceptors (Lipinski definition) is 8. The third kappa shape index (κ3) is 3.55. The first-order chi connectivity index (χ1) is 13.4. The Balaban J connectivity index is 1.99. The molecule has 1 amide bonds. The molecule has 0 saturated carbocycles. The molecule has 0 spiro atoms. The molecule has 2 aromatic heterocycles. The Bertz CT molecular complexity index is 978. The maximum Gasteiger partial charge on any atom is 0.280 e. The van der Waals surface area contributed by atoms with Gasteiger partial charge in [-0.2, -0.15) is 4.98 Å². The average molecular weight is 392 g/mol. The molecule has 13 nitrogen and oxygen atoms in total. The van der Waals surface area contributed by atoms with E-state index in [0.717, 1.165) is 0 Å². The van der Waals surface area contributed by atoms with E-state index >= 15 is 0 Å². The van der Waals surface area contributed by atoms with Crippen LogP contribution in [0.4, 0.5) is 5.95 Å². The second-order valence-corrected chi connectivity index (χ2v) is 6.70. The summed E-state index contributed by atoms with van der Waals surface area (Å²) in [6.45, 7) is 2.92. The number of fused-ring (bicyclic) bond motifs is 1. The molecule has 150 valence electrons. The van der Waals surface area contributed by atoms with Gasteiger partial charge in [0.05, 0.1) is 25.6 Å². The van der Waals surface area contributed by atoms with Gasteiger partial charge < -0.3 is 14.9 Å². The van der Waals surface area contributed by atoms with Gasteiger partial charge in [-0.1, -0.05) is 19.0 Å². The van der Waals surface area contributed by atoms with Gasteiger partial charge in [0.1, 0.15) is 6.10 Å². The largest absolute Gasteiger partial charge is 0.396 e. The molecule has 0 aliphatic carbocycles. The molecule has 4 atom stereocenters. The zero-order valence-corrected chi connectivity index (χ0v) is 15.2. The van der Waals surface area contributed by atoms with Crippen molar-refractivity contribution in [3.63, 3.8) is 0 Å². The van der Waals surface area contributed by atoms with Crippen molar-refractivity contribution in [2.24, 2.45) is 17.0 Å². The molecule has 2 aromatic rings. The quantitative estimate of drug-likeness (QED) is 0.299. The molecule has 0 radical (unpaired) electrons. The van der Waals surface area contributed by atoms with Crippen molar-refractivity contribution in [1.29, 1.82) is 0 Å². The van der Waals surface area contributed by atoms with Gasteiger partial charge in [0.2, 0.25) is 11.9 Å². The minimum Gasteiger partial charge on any atom is -0.396 e. The summed E-state index contributed by atoms with van der Waals surface area (Å²) in [6, 6.07) is 0. The first-order valence-corrected chi connectivity index (χ1v) is 8.60. The second kappa shape index (κ2) is 7.94. The fraction of sp³-hybridized carbons (Fsp3) is 0.600. The van der Waals surface area contributed by atoms with Crippen LogP contribution < -0.4 is 10.9 Å². The van der Waals surface area contributed by atoms with Crippen LogP contribution in [0, 0.1) is 11.8 Å². The number of nitrogens with zero attached hydrogens (tertiary/aromatic N) is 6. The summed E-state index contributed by atoms with van der Waals surface area (Å²) >= 11 is 0. The van der Waals surface area contributed by atoms with E-state index in [1.807, 2.05) is 0 Å². The van der Waals surface area contributed by atoms with Crippen molar-refractivity contribution in [1.82, 2.24) is 19.5 Å². The summed E-state index contributed by atoms with van der Waals surface area (Å²) in [6.07, 6.45) is -1.61. The normalized spacial score (nSPS) is 24.5. The van der Waals surface area contributed by atoms with E-state index in [0.29, 0.717) is 0 Å². The van der Waals surface area contributed by atoms with Crippen LogP contribution >= 0.6 is 0 Å². The maximum absolute atomic E-state index is 12.3. The molecular formula is C15H20N8O5. The number of H-pyrrole nitrogens is 1. The van der Waals surface area contributed by atoms with Gasteiger partial charge in [-0.05, 0) is 5.53 Å². The Morgan fingerprint density at radius 2 is 2.32 bits per heavy atom. The van der Waals surface area contributed by atoms with Crippen LogP contribution in [0.2, 0.25) is 0 Å². The number of carbonyl (C=O) groups is 1. The fourth-order valence-electron chi connectivity index (χ4n) is 2.98. The van der Waals surface area contributed by atoms with Crippen LogP contribution in [0.25, 0.3) is 21.6 Å². The number of carbonyl (C=O) groups excluding carboxylic acids is 1. The summed E-state index contributed by atoms with van der Waals surface area (Å²) < 4.78 is 7.09. The van der Waals surface area contributed by atoms with Gasteiger partial charge in [0, 0.05) is 16.7 Å². The van der Waals surface area contributed by atoms with Crippen LogP contribution in [0.15, 0.2) is 16.2 Å². The number of anilines is 1. The summed E-state index contributed by atoms with van der Waals surface area (Å²) in [7, 11) is 0. The van der Waals surface area contributed by atoms with E-state index < -0.39 is 29.9 Å². The predicted octanol–water partition coefficient (Wildman–Crippen LogP) is -0.109. The number of ether oxygens (including phenoxy) is 1. The van der Waals surface area contributed by atoms with Crippen molar-refractivity contribution < 1.29 is 19.7 Å². The molecule has 1 saturated heterocycles. The van der Waals surface area contributed by atoms with Crippen molar-refractivity contribution >= 4 is 23.0 Å². The molecule has 3 heterocycles. The van der Waals surface area contributed by atoms with E-state index in [2.05, 4.69) is 30.3 Å². The van der Waals surface area contributed by atoms with Gasteiger partial charge in [0.15, 0.2) is 17.4 Å². The van der Waals surface area contributed by atoms with E-state index in [-0.39, 0.29) is 42.1 Å². The summed E-state index contributed by atoms with van der Waals surface area (Å²) in [5.41, 5.74) is 8.01. The number of aliphatic hydroxyl groups is 2. The molecule has 1 aliphatic heterocycles. The highest BCUT2D eigenvalue weighted by atomic mass is 16.5. The standard InChI is InChI=1S/C15H20N8O5/c1-6(2)12(26)20-15-19-11-9(13(27)21-15)17-5-23(11)14-10(25)7(4-24)8(28-14)3-18-22-16/h5-8,10,14,24-25H,3-4H2,1-2H3,(H2,19,20,21,26,27)/t7-,8-,10-,14-/m1/s1. The van der Waals surface area contributed by atoms with Crippen LogP contribution in [-0.2, 0) is 9.53 Å². The first kappa shape index (κ1) is 19.8. The zero-order chi connectivity index (χ0) is 20.4. The fourth-order valence-corrected chi connectivity index (χ4v) is 2.98. The smallest absolute Gasteiger partial charge is 0.280 e. The minimum absolute atomic E-state index is 0.00242. The number of amides is 1. The number of hydrogen-bond donors (Lipinski definition) is 4. The lowest BCUT2D eigenvalue weighted by atomic mass is 9.99. The summed E-state index contributed by atoms with van der Waals surface area (Å²) in [5.74, 6) is -1.41. The maximum atomic E-state index is 12.3. The lowest BCUT2D eigenvalue weighted by molar-refractivity contribution is -0.118. The molecule has 3 rings (SSSR count). The minimum atomic E-state index is -1.16. The molecule has 4 N–H and O–H groups in total. The van der Waals surface area contributed by atoms with Gasteiger partial charge in [-0.25, -0.2) is 4.98 Å². The Hall–Kier alpha value is -2.99. The highest BCUT2D eigenvalue weighted by Crippen LogP contribution is 2.35. The van der Waals surface area contributed by atoms with E-state index in [1.54, 1.807) is 13.8 Å². The molecule has 13 heteroatoms. The topological polar surface area (TPSA) is 191 Å². The van der Waals surface area contributed by atoms with E-state index in [9.17, 15) is 19.8 Å². The molecule has 28 heavy (non-hydrogen) atoms. The van der Waals surface area contributed by atoms with E-state index in [4.69, 9.17) is 10.3 Å². The lowest BCUT2D eigenvalue weighted by Gasteiger charge is -2.17. The van der Waals surface area contributed by atoms with Crippen LogP contribution in [0.5, 0.6) is 0 Å². The Labute approximate surface area is 158 Å².